The molecule has 1 atom stereocenters. The van der Waals surface area contributed by atoms with Crippen LogP contribution in [0.4, 0.5) is 0 Å². The maximum absolute atomic E-state index is 10.6. The van der Waals surface area contributed by atoms with Crippen LogP contribution in [-0.4, -0.2) is 40.1 Å². The molecule has 0 radical (unpaired) electrons. The minimum absolute atomic E-state index is 0.00255. The van der Waals surface area contributed by atoms with Gasteiger partial charge in [-0.05, 0) is 7.05 Å². The van der Waals surface area contributed by atoms with Crippen LogP contribution in [0.25, 0.3) is 0 Å². The SMILES string of the molecule is CNCC(C)c1n[nH]nc1C(=O)O. The second-order valence-corrected chi connectivity index (χ2v) is 2.82. The van der Waals surface area contributed by atoms with E-state index in [0.717, 1.165) is 0 Å². The zero-order valence-corrected chi connectivity index (χ0v) is 7.53. The van der Waals surface area contributed by atoms with Crippen LogP contribution in [0.5, 0.6) is 0 Å². The summed E-state index contributed by atoms with van der Waals surface area (Å²) in [5.41, 5.74) is 0.490. The summed E-state index contributed by atoms with van der Waals surface area (Å²) in [7, 11) is 1.80. The van der Waals surface area contributed by atoms with Crippen molar-refractivity contribution >= 4 is 5.97 Å². The number of H-pyrrole nitrogens is 1. The lowest BCUT2D eigenvalue weighted by atomic mass is 10.1. The summed E-state index contributed by atoms with van der Waals surface area (Å²) in [6.07, 6.45) is 0. The number of aromatic carboxylic acids is 1. The van der Waals surface area contributed by atoms with Gasteiger partial charge in [-0.2, -0.15) is 10.3 Å². The van der Waals surface area contributed by atoms with E-state index in [9.17, 15) is 4.79 Å². The van der Waals surface area contributed by atoms with Crippen LogP contribution >= 0.6 is 0 Å². The minimum Gasteiger partial charge on any atom is -0.476 e. The molecule has 1 aromatic heterocycles. The molecule has 0 saturated heterocycles. The van der Waals surface area contributed by atoms with Crippen molar-refractivity contribution in [3.05, 3.63) is 11.4 Å². The van der Waals surface area contributed by atoms with Crippen molar-refractivity contribution in [3.63, 3.8) is 0 Å². The maximum Gasteiger partial charge on any atom is 0.358 e. The lowest BCUT2D eigenvalue weighted by Gasteiger charge is -2.06. The van der Waals surface area contributed by atoms with Gasteiger partial charge in [0.2, 0.25) is 0 Å². The second-order valence-electron chi connectivity index (χ2n) is 2.82. The van der Waals surface area contributed by atoms with Gasteiger partial charge in [0.05, 0.1) is 0 Å². The van der Waals surface area contributed by atoms with Gasteiger partial charge >= 0.3 is 5.97 Å². The third kappa shape index (κ3) is 2.03. The number of carbonyl (C=O) groups is 1. The number of hydrogen-bond donors (Lipinski definition) is 3. The van der Waals surface area contributed by atoms with E-state index in [1.807, 2.05) is 6.92 Å². The first-order valence-corrected chi connectivity index (χ1v) is 3.95. The molecular weight excluding hydrogens is 172 g/mol. The number of hydrogen-bond acceptors (Lipinski definition) is 4. The highest BCUT2D eigenvalue weighted by Gasteiger charge is 2.19. The van der Waals surface area contributed by atoms with Crippen molar-refractivity contribution < 1.29 is 9.90 Å². The summed E-state index contributed by atoms with van der Waals surface area (Å²) < 4.78 is 0. The zero-order chi connectivity index (χ0) is 9.84. The number of likely N-dealkylation sites (N-methyl/N-ethyl adjacent to an activating group) is 1. The van der Waals surface area contributed by atoms with Gasteiger partial charge in [-0.1, -0.05) is 6.92 Å². The van der Waals surface area contributed by atoms with Crippen LogP contribution in [0, 0.1) is 0 Å². The Kier molecular flexibility index (Phi) is 2.97. The van der Waals surface area contributed by atoms with Gasteiger partial charge < -0.3 is 10.4 Å². The minimum atomic E-state index is -1.05. The summed E-state index contributed by atoms with van der Waals surface area (Å²) in [4.78, 5) is 10.6. The maximum atomic E-state index is 10.6. The molecule has 72 valence electrons. The Hall–Kier alpha value is -1.43. The molecule has 1 aromatic rings. The fourth-order valence-electron chi connectivity index (χ4n) is 1.14. The van der Waals surface area contributed by atoms with Crippen molar-refractivity contribution in [1.29, 1.82) is 0 Å². The summed E-state index contributed by atoms with van der Waals surface area (Å²) in [6.45, 7) is 2.56. The summed E-state index contributed by atoms with van der Waals surface area (Å²) in [5, 5.41) is 21.3. The Labute approximate surface area is 75.3 Å². The van der Waals surface area contributed by atoms with E-state index in [1.54, 1.807) is 7.05 Å². The number of carboxylic acid groups (broad SMARTS) is 1. The number of rotatable bonds is 4. The number of nitrogens with zero attached hydrogens (tertiary/aromatic N) is 2. The normalized spacial score (nSPS) is 12.8. The highest BCUT2D eigenvalue weighted by atomic mass is 16.4. The molecule has 0 aromatic carbocycles. The number of aromatic amines is 1. The van der Waals surface area contributed by atoms with E-state index < -0.39 is 5.97 Å². The van der Waals surface area contributed by atoms with Gasteiger partial charge in [0, 0.05) is 12.5 Å². The number of nitrogens with one attached hydrogen (secondary N) is 2. The van der Waals surface area contributed by atoms with Gasteiger partial charge in [-0.25, -0.2) is 4.79 Å². The molecule has 6 nitrogen and oxygen atoms in total. The van der Waals surface area contributed by atoms with Gasteiger partial charge in [0.15, 0.2) is 5.69 Å². The molecule has 0 aliphatic carbocycles. The highest BCUT2D eigenvalue weighted by Crippen LogP contribution is 2.13. The van der Waals surface area contributed by atoms with Gasteiger partial charge in [0.25, 0.3) is 0 Å². The molecule has 0 aliphatic heterocycles. The fourth-order valence-corrected chi connectivity index (χ4v) is 1.14. The first-order chi connectivity index (χ1) is 6.16. The van der Waals surface area contributed by atoms with Crippen LogP contribution in [0.1, 0.15) is 29.0 Å². The average Bonchev–Trinajstić information content (AvgIpc) is 2.52. The van der Waals surface area contributed by atoms with Crippen molar-refractivity contribution in [1.82, 2.24) is 20.7 Å². The van der Waals surface area contributed by atoms with Crippen LogP contribution in [0.15, 0.2) is 0 Å². The molecule has 1 unspecified atom stereocenters. The van der Waals surface area contributed by atoms with E-state index in [4.69, 9.17) is 5.11 Å². The molecule has 13 heavy (non-hydrogen) atoms. The molecule has 3 N–H and O–H groups in total. The van der Waals surface area contributed by atoms with Crippen LogP contribution in [0.3, 0.4) is 0 Å². The van der Waals surface area contributed by atoms with E-state index in [2.05, 4.69) is 20.7 Å². The number of aromatic nitrogens is 3. The van der Waals surface area contributed by atoms with Gasteiger partial charge in [-0.15, -0.1) is 5.10 Å². The lowest BCUT2D eigenvalue weighted by molar-refractivity contribution is 0.0688. The van der Waals surface area contributed by atoms with Crippen molar-refractivity contribution in [3.8, 4) is 0 Å². The van der Waals surface area contributed by atoms with E-state index >= 15 is 0 Å². The third-order valence-electron chi connectivity index (χ3n) is 1.75. The quantitative estimate of drug-likeness (QED) is 0.604. The average molecular weight is 184 g/mol. The Morgan fingerprint density at radius 2 is 2.38 bits per heavy atom. The highest BCUT2D eigenvalue weighted by molar-refractivity contribution is 5.86. The Balaban J connectivity index is 2.86. The predicted octanol–water partition coefficient (Wildman–Crippen LogP) is -0.174. The van der Waals surface area contributed by atoms with Crippen molar-refractivity contribution in [2.45, 2.75) is 12.8 Å². The molecule has 0 aliphatic rings. The summed E-state index contributed by atoms with van der Waals surface area (Å²) in [6, 6.07) is 0. The van der Waals surface area contributed by atoms with E-state index in [-0.39, 0.29) is 11.6 Å². The molecule has 0 fully saturated rings. The second kappa shape index (κ2) is 3.99. The molecular formula is C7H12N4O2. The molecule has 6 heteroatoms. The lowest BCUT2D eigenvalue weighted by Crippen LogP contribution is -2.17. The largest absolute Gasteiger partial charge is 0.476 e. The first-order valence-electron chi connectivity index (χ1n) is 3.95. The third-order valence-corrected chi connectivity index (χ3v) is 1.75. The first kappa shape index (κ1) is 9.66. The van der Waals surface area contributed by atoms with Crippen LogP contribution in [-0.2, 0) is 0 Å². The van der Waals surface area contributed by atoms with Crippen LogP contribution in [0.2, 0.25) is 0 Å². The molecule has 1 rings (SSSR count). The van der Waals surface area contributed by atoms with Crippen molar-refractivity contribution in [2.24, 2.45) is 0 Å². The molecule has 0 spiro atoms. The Bertz CT molecular complexity index is 296. The smallest absolute Gasteiger partial charge is 0.358 e. The standard InChI is InChI=1S/C7H12N4O2/c1-4(3-8-2)5-6(7(12)13)10-11-9-5/h4,8H,3H2,1-2H3,(H,12,13)(H,9,10,11). The van der Waals surface area contributed by atoms with Crippen molar-refractivity contribution in [2.75, 3.05) is 13.6 Å². The molecule has 0 bridgehead atoms. The van der Waals surface area contributed by atoms with Crippen LogP contribution < -0.4 is 5.32 Å². The molecule has 1 heterocycles. The Morgan fingerprint density at radius 1 is 1.69 bits per heavy atom. The number of carboxylic acids is 1. The predicted molar refractivity (Wildman–Crippen MR) is 45.7 cm³/mol. The zero-order valence-electron chi connectivity index (χ0n) is 7.53. The Morgan fingerprint density at radius 3 is 2.92 bits per heavy atom. The van der Waals surface area contributed by atoms with Gasteiger partial charge in [0.1, 0.15) is 5.69 Å². The summed E-state index contributed by atoms with van der Waals surface area (Å²) in [5.74, 6) is -1.01. The summed E-state index contributed by atoms with van der Waals surface area (Å²) >= 11 is 0. The molecule has 0 saturated carbocycles. The monoisotopic (exact) mass is 184 g/mol. The van der Waals surface area contributed by atoms with E-state index in [0.29, 0.717) is 12.2 Å². The van der Waals surface area contributed by atoms with Gasteiger partial charge in [-0.3, -0.25) is 0 Å². The fraction of sp³-hybridized carbons (Fsp3) is 0.571. The molecule has 0 amide bonds. The topological polar surface area (TPSA) is 90.9 Å². The van der Waals surface area contributed by atoms with E-state index in [1.165, 1.54) is 0 Å².